The van der Waals surface area contributed by atoms with Crippen molar-refractivity contribution in [3.8, 4) is 0 Å². The van der Waals surface area contributed by atoms with Gasteiger partial charge in [0.05, 0.1) is 26.4 Å². The molecule has 1 aliphatic rings. The Morgan fingerprint density at radius 1 is 0.463 bits per heavy atom. The fourth-order valence-electron chi connectivity index (χ4n) is 4.84. The Morgan fingerprint density at radius 2 is 0.829 bits per heavy atom. The quantitative estimate of drug-likeness (QED) is 0.147. The van der Waals surface area contributed by atoms with Gasteiger partial charge in [-0.25, -0.2) is 4.89 Å². The largest absolute Gasteiger partial charge is 0.368 e. The zero-order valence-corrected chi connectivity index (χ0v) is 22.9. The second-order valence-electron chi connectivity index (χ2n) is 9.92. The lowest BCUT2D eigenvalue weighted by molar-refractivity contribution is -0.350. The molecule has 41 heavy (non-hydrogen) atoms. The molecule has 0 spiro atoms. The molecular weight excluding hydrogens is 520 g/mol. The highest BCUT2D eigenvalue weighted by Crippen LogP contribution is 2.32. The Kier molecular flexibility index (Phi) is 11.0. The Labute approximate surface area is 241 Å². The highest BCUT2D eigenvalue weighted by molar-refractivity contribution is 5.16. The van der Waals surface area contributed by atoms with Gasteiger partial charge in [0.1, 0.15) is 31.0 Å². The summed E-state index contributed by atoms with van der Waals surface area (Å²) in [6, 6.07) is 39.6. The van der Waals surface area contributed by atoms with Crippen LogP contribution >= 0.6 is 0 Å². The van der Waals surface area contributed by atoms with Crippen molar-refractivity contribution in [2.75, 3.05) is 6.61 Å². The molecule has 5 rings (SSSR count). The molecule has 0 bridgehead atoms. The smallest absolute Gasteiger partial charge is 0.187 e. The molecule has 0 radical (unpaired) electrons. The number of rotatable bonds is 14. The monoisotopic (exact) mass is 556 g/mol. The first kappa shape index (κ1) is 29.1. The Bertz CT molecular complexity index is 1260. The second-order valence-corrected chi connectivity index (χ2v) is 9.92. The van der Waals surface area contributed by atoms with Gasteiger partial charge in [-0.2, -0.15) is 0 Å². The summed E-state index contributed by atoms with van der Waals surface area (Å²) in [6.45, 7) is 1.17. The number of hydrogen-bond donors (Lipinski definition) is 1. The summed E-state index contributed by atoms with van der Waals surface area (Å²) in [5.74, 6) is 0. The summed E-state index contributed by atoms with van der Waals surface area (Å²) in [6.07, 6.45) is -3.35. The van der Waals surface area contributed by atoms with Gasteiger partial charge in [-0.05, 0) is 22.3 Å². The molecule has 1 fully saturated rings. The molecule has 1 unspecified atom stereocenters. The number of benzene rings is 4. The maximum Gasteiger partial charge on any atom is 0.187 e. The van der Waals surface area contributed by atoms with E-state index in [4.69, 9.17) is 23.7 Å². The average Bonchev–Trinajstić information content (AvgIpc) is 3.03. The van der Waals surface area contributed by atoms with E-state index in [1.165, 1.54) is 0 Å². The van der Waals surface area contributed by atoms with Gasteiger partial charge in [0.15, 0.2) is 6.29 Å². The number of hydrogen-bond acceptors (Lipinski definition) is 7. The van der Waals surface area contributed by atoms with Crippen LogP contribution in [0.1, 0.15) is 22.3 Å². The molecule has 1 saturated heterocycles. The molecule has 1 N–H and O–H groups in total. The maximum atomic E-state index is 9.48. The van der Waals surface area contributed by atoms with Crippen molar-refractivity contribution < 1.29 is 33.8 Å². The molecule has 7 heteroatoms. The Morgan fingerprint density at radius 3 is 1.24 bits per heavy atom. The Hall–Kier alpha value is -3.40. The molecule has 1 aliphatic heterocycles. The lowest BCUT2D eigenvalue weighted by atomic mass is 9.97. The summed E-state index contributed by atoms with van der Waals surface area (Å²) in [7, 11) is 0. The summed E-state index contributed by atoms with van der Waals surface area (Å²) in [5, 5.41) is 9.48. The van der Waals surface area contributed by atoms with E-state index in [2.05, 4.69) is 4.89 Å². The van der Waals surface area contributed by atoms with E-state index >= 15 is 0 Å². The lowest BCUT2D eigenvalue weighted by Crippen LogP contribution is -2.61. The van der Waals surface area contributed by atoms with E-state index in [0.29, 0.717) is 26.4 Å². The first-order chi connectivity index (χ1) is 20.3. The molecule has 4 aromatic rings. The van der Waals surface area contributed by atoms with Gasteiger partial charge < -0.3 is 23.7 Å². The topological polar surface area (TPSA) is 75.6 Å². The van der Waals surface area contributed by atoms with Crippen LogP contribution in [0.2, 0.25) is 0 Å². The molecule has 0 saturated carbocycles. The van der Waals surface area contributed by atoms with Crippen LogP contribution in [0.3, 0.4) is 0 Å². The molecule has 214 valence electrons. The zero-order chi connectivity index (χ0) is 28.1. The molecule has 7 nitrogen and oxygen atoms in total. The van der Waals surface area contributed by atoms with E-state index < -0.39 is 30.7 Å². The van der Waals surface area contributed by atoms with Gasteiger partial charge in [0, 0.05) is 0 Å². The zero-order valence-electron chi connectivity index (χ0n) is 22.9. The van der Waals surface area contributed by atoms with Crippen LogP contribution in [0, 0.1) is 0 Å². The van der Waals surface area contributed by atoms with Crippen molar-refractivity contribution in [3.05, 3.63) is 144 Å². The van der Waals surface area contributed by atoms with Crippen molar-refractivity contribution >= 4 is 0 Å². The van der Waals surface area contributed by atoms with Crippen LogP contribution < -0.4 is 0 Å². The van der Waals surface area contributed by atoms with Crippen LogP contribution in [0.25, 0.3) is 0 Å². The Balaban J connectivity index is 1.43. The standard InChI is InChI=1S/C34H36O7/c35-40-25-30-31(36-21-26-13-5-1-6-14-26)32(37-22-27-15-7-2-8-16-27)33(38-23-28-17-9-3-10-18-28)34(41-30)39-24-29-19-11-4-12-20-29/h1-20,30-35H,21-25H2/t30-,31-,32+,33-,34?/m1/s1. The van der Waals surface area contributed by atoms with Crippen molar-refractivity contribution in [1.29, 1.82) is 0 Å². The van der Waals surface area contributed by atoms with Crippen molar-refractivity contribution in [1.82, 2.24) is 0 Å². The van der Waals surface area contributed by atoms with Crippen LogP contribution in [-0.2, 0) is 55.0 Å². The van der Waals surface area contributed by atoms with E-state index in [1.807, 2.05) is 121 Å². The van der Waals surface area contributed by atoms with Gasteiger partial charge in [-0.1, -0.05) is 121 Å². The first-order valence-corrected chi connectivity index (χ1v) is 13.8. The van der Waals surface area contributed by atoms with E-state index in [-0.39, 0.29) is 6.61 Å². The third-order valence-corrected chi connectivity index (χ3v) is 6.94. The van der Waals surface area contributed by atoms with Crippen LogP contribution in [0.4, 0.5) is 0 Å². The lowest BCUT2D eigenvalue weighted by Gasteiger charge is -2.45. The third kappa shape index (κ3) is 8.55. The van der Waals surface area contributed by atoms with Gasteiger partial charge >= 0.3 is 0 Å². The van der Waals surface area contributed by atoms with Gasteiger partial charge in [-0.3, -0.25) is 5.26 Å². The summed E-state index contributed by atoms with van der Waals surface area (Å²) in [5.41, 5.74) is 4.03. The first-order valence-electron chi connectivity index (χ1n) is 13.8. The van der Waals surface area contributed by atoms with E-state index in [0.717, 1.165) is 22.3 Å². The van der Waals surface area contributed by atoms with Gasteiger partial charge in [-0.15, -0.1) is 0 Å². The fourth-order valence-corrected chi connectivity index (χ4v) is 4.84. The SMILES string of the molecule is OOC[C@H]1OC(OCc2ccccc2)[C@H](OCc2ccccc2)[C@@H](OCc2ccccc2)[C@@H]1OCc1ccccc1. The minimum Gasteiger partial charge on any atom is -0.368 e. The molecule has 0 aliphatic carbocycles. The molecule has 0 aromatic heterocycles. The molecule has 1 heterocycles. The van der Waals surface area contributed by atoms with Crippen molar-refractivity contribution in [3.63, 3.8) is 0 Å². The van der Waals surface area contributed by atoms with Crippen LogP contribution in [-0.4, -0.2) is 42.6 Å². The van der Waals surface area contributed by atoms with E-state index in [1.54, 1.807) is 0 Å². The second kappa shape index (κ2) is 15.6. The highest BCUT2D eigenvalue weighted by atomic mass is 17.1. The summed E-state index contributed by atoms with van der Waals surface area (Å²) < 4.78 is 32.3. The van der Waals surface area contributed by atoms with Crippen molar-refractivity contribution in [2.24, 2.45) is 0 Å². The van der Waals surface area contributed by atoms with Gasteiger partial charge in [0.25, 0.3) is 0 Å². The average molecular weight is 557 g/mol. The van der Waals surface area contributed by atoms with Crippen molar-refractivity contribution in [2.45, 2.75) is 57.1 Å². The highest BCUT2D eigenvalue weighted by Gasteiger charge is 2.49. The predicted octanol–water partition coefficient (Wildman–Crippen LogP) is 6.17. The minimum absolute atomic E-state index is 0.124. The molecule has 5 atom stereocenters. The maximum absolute atomic E-state index is 9.48. The van der Waals surface area contributed by atoms with Crippen LogP contribution in [0.5, 0.6) is 0 Å². The van der Waals surface area contributed by atoms with Crippen LogP contribution in [0.15, 0.2) is 121 Å². The van der Waals surface area contributed by atoms with Gasteiger partial charge in [0.2, 0.25) is 0 Å². The minimum atomic E-state index is -0.809. The fraction of sp³-hybridized carbons (Fsp3) is 0.294. The molecule has 0 amide bonds. The van der Waals surface area contributed by atoms with E-state index in [9.17, 15) is 5.26 Å². The number of ether oxygens (including phenoxy) is 5. The normalized spacial score (nSPS) is 22.4. The predicted molar refractivity (Wildman–Crippen MR) is 154 cm³/mol. The summed E-state index contributed by atoms with van der Waals surface area (Å²) >= 11 is 0. The third-order valence-electron chi connectivity index (χ3n) is 6.94. The molecule has 4 aromatic carbocycles. The summed E-state index contributed by atoms with van der Waals surface area (Å²) in [4.78, 5) is 4.59. The molecular formula is C34H36O7.